The lowest BCUT2D eigenvalue weighted by Crippen LogP contribution is -2.19. The van der Waals surface area contributed by atoms with E-state index >= 15 is 0 Å². The van der Waals surface area contributed by atoms with Crippen LogP contribution < -0.4 is 9.47 Å². The molecule has 1 fully saturated rings. The average Bonchev–Trinajstić information content (AvgIpc) is 2.86. The molecule has 198 valence electrons. The summed E-state index contributed by atoms with van der Waals surface area (Å²) in [5.41, 5.74) is 4.23. The molecule has 1 aliphatic carbocycles. The van der Waals surface area contributed by atoms with Crippen molar-refractivity contribution in [3.63, 3.8) is 0 Å². The predicted octanol–water partition coefficient (Wildman–Crippen LogP) is 6.49. The van der Waals surface area contributed by atoms with Gasteiger partial charge in [0.05, 0.1) is 26.0 Å². The lowest BCUT2D eigenvalue weighted by atomic mass is 9.77. The van der Waals surface area contributed by atoms with Crippen LogP contribution in [-0.2, 0) is 4.57 Å². The molecule has 1 saturated carbocycles. The van der Waals surface area contributed by atoms with Crippen LogP contribution in [0.15, 0.2) is 54.6 Å². The number of aliphatic hydroxyl groups excluding tert-OH is 1. The van der Waals surface area contributed by atoms with Crippen LogP contribution in [0.4, 0.5) is 4.39 Å². The van der Waals surface area contributed by atoms with Gasteiger partial charge in [-0.05, 0) is 97.0 Å². The third-order valence-corrected chi connectivity index (χ3v) is 8.04. The number of pyridine rings is 1. The third kappa shape index (κ3) is 7.41. The van der Waals surface area contributed by atoms with E-state index in [0.717, 1.165) is 42.6 Å². The molecule has 1 heterocycles. The van der Waals surface area contributed by atoms with Gasteiger partial charge < -0.3 is 19.5 Å². The topological polar surface area (TPSA) is 88.9 Å². The summed E-state index contributed by atoms with van der Waals surface area (Å²) in [6, 6.07) is 16.5. The van der Waals surface area contributed by atoms with Gasteiger partial charge in [-0.1, -0.05) is 18.2 Å². The summed E-state index contributed by atoms with van der Waals surface area (Å²) in [5, 5.41) is 10.3. The monoisotopic (exact) mass is 527 g/mol. The summed E-state index contributed by atoms with van der Waals surface area (Å²) in [4.78, 5) is 13.4. The molecule has 1 aliphatic rings. The van der Waals surface area contributed by atoms with Crippen molar-refractivity contribution in [2.45, 2.75) is 44.6 Å². The Morgan fingerprint density at radius 2 is 1.84 bits per heavy atom. The van der Waals surface area contributed by atoms with Gasteiger partial charge in [0.25, 0.3) is 0 Å². The van der Waals surface area contributed by atoms with Gasteiger partial charge in [-0.25, -0.2) is 4.98 Å². The molecule has 0 amide bonds. The van der Waals surface area contributed by atoms with E-state index in [1.807, 2.05) is 24.3 Å². The second kappa shape index (κ2) is 11.8. The van der Waals surface area contributed by atoms with Gasteiger partial charge in [-0.3, -0.25) is 4.57 Å². The molecule has 0 saturated heterocycles. The summed E-state index contributed by atoms with van der Waals surface area (Å²) in [5.74, 6) is 1.69. The molecule has 1 unspecified atom stereocenters. The number of hydrogen-bond acceptors (Lipinski definition) is 5. The molecule has 0 bridgehead atoms. The molecule has 0 aliphatic heterocycles. The Morgan fingerprint density at radius 1 is 1.08 bits per heavy atom. The fraction of sp³-hybridized carbons (Fsp3) is 0.414. The van der Waals surface area contributed by atoms with Gasteiger partial charge in [-0.15, -0.1) is 0 Å². The quantitative estimate of drug-likeness (QED) is 0.244. The molecule has 0 radical (unpaired) electrons. The van der Waals surface area contributed by atoms with E-state index in [1.165, 1.54) is 18.3 Å². The first-order valence-corrected chi connectivity index (χ1v) is 14.9. The molecule has 0 spiro atoms. The highest BCUT2D eigenvalue weighted by atomic mass is 31.2. The molecule has 6 nitrogen and oxygen atoms in total. The average molecular weight is 528 g/mol. The Morgan fingerprint density at radius 3 is 2.51 bits per heavy atom. The lowest BCUT2D eigenvalue weighted by molar-refractivity contribution is 0.192. The highest BCUT2D eigenvalue weighted by molar-refractivity contribution is 7.57. The minimum Gasteiger partial charge on any atom is -0.497 e. The number of methoxy groups -OCH3 is 1. The second-order valence-corrected chi connectivity index (χ2v) is 12.6. The van der Waals surface area contributed by atoms with Crippen molar-refractivity contribution in [3.05, 3.63) is 77.4 Å². The summed E-state index contributed by atoms with van der Waals surface area (Å²) in [6.45, 7) is 3.61. The van der Waals surface area contributed by atoms with Crippen LogP contribution in [-0.4, -0.2) is 41.5 Å². The first kappa shape index (κ1) is 27.3. The van der Waals surface area contributed by atoms with Crippen molar-refractivity contribution >= 4 is 7.37 Å². The van der Waals surface area contributed by atoms with E-state index in [2.05, 4.69) is 11.1 Å². The molecule has 3 aromatic rings. The number of halogens is 1. The van der Waals surface area contributed by atoms with Crippen molar-refractivity contribution in [2.75, 3.05) is 26.5 Å². The van der Waals surface area contributed by atoms with E-state index in [1.54, 1.807) is 32.2 Å². The van der Waals surface area contributed by atoms with Gasteiger partial charge in [-0.2, -0.15) is 4.39 Å². The Balaban J connectivity index is 1.41. The van der Waals surface area contributed by atoms with Crippen molar-refractivity contribution in [3.8, 4) is 22.6 Å². The van der Waals surface area contributed by atoms with E-state index in [9.17, 15) is 19.0 Å². The normalized spacial score (nSPS) is 20.2. The van der Waals surface area contributed by atoms with Gasteiger partial charge >= 0.3 is 0 Å². The molecule has 37 heavy (non-hydrogen) atoms. The number of nitrogens with zero attached hydrogens (tertiary/aromatic N) is 1. The van der Waals surface area contributed by atoms with Crippen molar-refractivity contribution in [1.82, 2.24) is 4.98 Å². The third-order valence-electron chi connectivity index (χ3n) is 7.02. The Labute approximate surface area is 217 Å². The zero-order valence-corrected chi connectivity index (χ0v) is 22.5. The number of aryl methyl sites for hydroxylation is 1. The number of aliphatic hydroxyl groups is 1. The van der Waals surface area contributed by atoms with Crippen molar-refractivity contribution in [1.29, 1.82) is 0 Å². The second-order valence-electron chi connectivity index (χ2n) is 10.1. The Hall–Kier alpha value is -2.73. The van der Waals surface area contributed by atoms with Crippen LogP contribution in [0.25, 0.3) is 11.1 Å². The van der Waals surface area contributed by atoms with Crippen molar-refractivity contribution < 1.29 is 28.4 Å². The predicted molar refractivity (Wildman–Crippen MR) is 143 cm³/mol. The molecule has 8 heteroatoms. The van der Waals surface area contributed by atoms with Crippen molar-refractivity contribution in [2.24, 2.45) is 5.92 Å². The maximum atomic E-state index is 14.1. The first-order chi connectivity index (χ1) is 17.6. The number of rotatable bonds is 9. The number of ether oxygens (including phenoxy) is 2. The SMILES string of the molecule is COc1ccc(-c2cc(C)nc(F)c2)c(C2CCC(COc3cccc([C@H](O)CP(C)(=O)O)c3)CC2)c1. The van der Waals surface area contributed by atoms with Gasteiger partial charge in [0.2, 0.25) is 13.3 Å². The molecule has 1 aromatic heterocycles. The van der Waals surface area contributed by atoms with E-state index in [0.29, 0.717) is 35.4 Å². The maximum Gasteiger partial charge on any atom is 0.213 e. The van der Waals surface area contributed by atoms with Gasteiger partial charge in [0.1, 0.15) is 11.5 Å². The number of benzene rings is 2. The molecular formula is C29H35FNO5P. The van der Waals surface area contributed by atoms with Crippen LogP contribution in [0.3, 0.4) is 0 Å². The minimum atomic E-state index is -3.33. The molecule has 2 atom stereocenters. The van der Waals surface area contributed by atoms with E-state index < -0.39 is 19.4 Å². The standard InChI is InChI=1S/C29H35FNO5P/c1-19-13-23(15-29(30)31-19)26-12-11-24(35-2)16-27(26)21-9-7-20(8-10-21)17-36-25-6-4-5-22(14-25)28(32)18-37(3,33)34/h4-6,11-16,20-21,28,32H,7-10,17-18H2,1-3H3,(H,33,34)/t20?,21?,28-/m1/s1. The number of hydrogen-bond donors (Lipinski definition) is 2. The van der Waals surface area contributed by atoms with E-state index in [4.69, 9.17) is 9.47 Å². The largest absolute Gasteiger partial charge is 0.497 e. The first-order valence-electron chi connectivity index (χ1n) is 12.6. The molecule has 2 N–H and O–H groups in total. The summed E-state index contributed by atoms with van der Waals surface area (Å²) >= 11 is 0. The fourth-order valence-electron chi connectivity index (χ4n) is 5.14. The van der Waals surface area contributed by atoms with Crippen LogP contribution in [0, 0.1) is 18.8 Å². The molecule has 4 rings (SSSR count). The minimum absolute atomic E-state index is 0.182. The van der Waals surface area contributed by atoms with Crippen LogP contribution in [0.5, 0.6) is 11.5 Å². The number of aromatic nitrogens is 1. The molecular weight excluding hydrogens is 492 g/mol. The van der Waals surface area contributed by atoms with Crippen LogP contribution in [0.2, 0.25) is 0 Å². The smallest absolute Gasteiger partial charge is 0.213 e. The zero-order chi connectivity index (χ0) is 26.6. The fourth-order valence-corrected chi connectivity index (χ4v) is 6.00. The van der Waals surface area contributed by atoms with Crippen LogP contribution in [0.1, 0.15) is 54.5 Å². The highest BCUT2D eigenvalue weighted by Crippen LogP contribution is 2.42. The Kier molecular flexibility index (Phi) is 8.68. The lowest BCUT2D eigenvalue weighted by Gasteiger charge is -2.30. The molecule has 2 aromatic carbocycles. The van der Waals surface area contributed by atoms with E-state index in [-0.39, 0.29) is 6.16 Å². The summed E-state index contributed by atoms with van der Waals surface area (Å²) in [7, 11) is -1.67. The summed E-state index contributed by atoms with van der Waals surface area (Å²) in [6.07, 6.45) is 2.78. The zero-order valence-electron chi connectivity index (χ0n) is 21.6. The highest BCUT2D eigenvalue weighted by Gasteiger charge is 2.26. The maximum absolute atomic E-state index is 14.1. The van der Waals surface area contributed by atoms with Crippen LogP contribution >= 0.6 is 7.37 Å². The van der Waals surface area contributed by atoms with Gasteiger partial charge in [0, 0.05) is 18.4 Å². The Bertz CT molecular complexity index is 1250. The summed E-state index contributed by atoms with van der Waals surface area (Å²) < 4.78 is 37.3. The van der Waals surface area contributed by atoms with Gasteiger partial charge in [0.15, 0.2) is 0 Å².